The fourth-order valence-electron chi connectivity index (χ4n) is 2.83. The van der Waals surface area contributed by atoms with Crippen LogP contribution in [0.4, 0.5) is 5.69 Å². The van der Waals surface area contributed by atoms with E-state index in [0.29, 0.717) is 12.3 Å². The van der Waals surface area contributed by atoms with Crippen molar-refractivity contribution in [2.75, 3.05) is 19.0 Å². The van der Waals surface area contributed by atoms with Crippen molar-refractivity contribution in [1.82, 2.24) is 9.71 Å². The van der Waals surface area contributed by atoms with Crippen LogP contribution < -0.4 is 14.8 Å². The summed E-state index contributed by atoms with van der Waals surface area (Å²) >= 11 is 0. The molecule has 24 heavy (non-hydrogen) atoms. The van der Waals surface area contributed by atoms with Gasteiger partial charge in [-0.15, -0.1) is 0 Å². The average Bonchev–Trinajstić information content (AvgIpc) is 2.61. The van der Waals surface area contributed by atoms with Crippen LogP contribution in [-0.4, -0.2) is 33.1 Å². The van der Waals surface area contributed by atoms with Gasteiger partial charge in [0, 0.05) is 30.5 Å². The van der Waals surface area contributed by atoms with Gasteiger partial charge in [0.15, 0.2) is 0 Å². The Hall–Kier alpha value is -2.12. The van der Waals surface area contributed by atoms with Crippen molar-refractivity contribution in [2.24, 2.45) is 0 Å². The monoisotopic (exact) mass is 347 g/mol. The van der Waals surface area contributed by atoms with Crippen LogP contribution in [0, 0.1) is 0 Å². The number of nitrogens with zero attached hydrogens (tertiary/aromatic N) is 1. The second-order valence-electron chi connectivity index (χ2n) is 5.78. The molecular formula is C17H21N3O3S. The quantitative estimate of drug-likeness (QED) is 0.837. The number of benzene rings is 1. The minimum absolute atomic E-state index is 0.115. The molecule has 7 heteroatoms. The Bertz CT molecular complexity index is 808. The van der Waals surface area contributed by atoms with Gasteiger partial charge >= 0.3 is 0 Å². The van der Waals surface area contributed by atoms with Gasteiger partial charge in [-0.1, -0.05) is 18.2 Å². The Labute approximate surface area is 142 Å². The van der Waals surface area contributed by atoms with E-state index in [4.69, 9.17) is 4.74 Å². The first-order valence-electron chi connectivity index (χ1n) is 7.91. The highest BCUT2D eigenvalue weighted by molar-refractivity contribution is 7.89. The normalized spacial score (nSPS) is 17.0. The van der Waals surface area contributed by atoms with Crippen LogP contribution in [0.5, 0.6) is 5.75 Å². The topological polar surface area (TPSA) is 80.3 Å². The number of aryl methyl sites for hydroxylation is 1. The van der Waals surface area contributed by atoms with E-state index >= 15 is 0 Å². The number of rotatable bonds is 6. The number of pyridine rings is 1. The van der Waals surface area contributed by atoms with Crippen molar-refractivity contribution >= 4 is 15.7 Å². The molecule has 1 aliphatic rings. The van der Waals surface area contributed by atoms with E-state index in [1.807, 2.05) is 12.1 Å². The third-order valence-electron chi connectivity index (χ3n) is 4.16. The van der Waals surface area contributed by atoms with Crippen LogP contribution in [0.2, 0.25) is 0 Å². The minimum atomic E-state index is -3.57. The zero-order valence-electron chi connectivity index (χ0n) is 13.5. The van der Waals surface area contributed by atoms with Gasteiger partial charge in [0.2, 0.25) is 10.0 Å². The molecule has 1 atom stereocenters. The first kappa shape index (κ1) is 16.7. The summed E-state index contributed by atoms with van der Waals surface area (Å²) in [6, 6.07) is 9.96. The first-order valence-corrected chi connectivity index (χ1v) is 9.40. The van der Waals surface area contributed by atoms with Crippen LogP contribution in [0.1, 0.15) is 18.4 Å². The maximum Gasteiger partial charge on any atom is 0.242 e. The molecular weight excluding hydrogens is 326 g/mol. The number of hydrogen-bond acceptors (Lipinski definition) is 5. The maximum absolute atomic E-state index is 12.3. The van der Waals surface area contributed by atoms with Gasteiger partial charge in [0.1, 0.15) is 10.6 Å². The molecule has 3 rings (SSSR count). The number of methoxy groups -OCH3 is 1. The lowest BCUT2D eigenvalue weighted by molar-refractivity contribution is 0.411. The maximum atomic E-state index is 12.3. The van der Waals surface area contributed by atoms with E-state index in [0.717, 1.165) is 24.9 Å². The highest BCUT2D eigenvalue weighted by atomic mass is 32.2. The molecule has 0 amide bonds. The van der Waals surface area contributed by atoms with Crippen molar-refractivity contribution in [1.29, 1.82) is 0 Å². The summed E-state index contributed by atoms with van der Waals surface area (Å²) < 4.78 is 32.3. The molecule has 2 heterocycles. The molecule has 1 aromatic heterocycles. The fourth-order valence-corrected chi connectivity index (χ4v) is 3.85. The van der Waals surface area contributed by atoms with E-state index in [-0.39, 0.29) is 10.9 Å². The van der Waals surface area contributed by atoms with Gasteiger partial charge < -0.3 is 10.1 Å². The number of hydrogen-bond donors (Lipinski definition) is 2. The zero-order valence-corrected chi connectivity index (χ0v) is 14.3. The van der Waals surface area contributed by atoms with Gasteiger partial charge in [0.25, 0.3) is 0 Å². The highest BCUT2D eigenvalue weighted by Crippen LogP contribution is 2.25. The minimum Gasteiger partial charge on any atom is -0.495 e. The van der Waals surface area contributed by atoms with Gasteiger partial charge in [-0.05, 0) is 30.9 Å². The van der Waals surface area contributed by atoms with E-state index in [1.165, 1.54) is 31.1 Å². The summed E-state index contributed by atoms with van der Waals surface area (Å²) in [5.41, 5.74) is 2.46. The lowest BCUT2D eigenvalue weighted by Gasteiger charge is -2.27. The van der Waals surface area contributed by atoms with E-state index in [1.54, 1.807) is 0 Å². The summed E-state index contributed by atoms with van der Waals surface area (Å²) in [5.74, 6) is 0.420. The summed E-state index contributed by atoms with van der Waals surface area (Å²) in [5, 5.41) is 3.47. The standard InChI is InChI=1S/C17H21N3O3S/c1-23-15-10-16(12-18-11-15)24(21,22)19-9-8-14-7-6-13-4-2-3-5-17(13)20-14/h2-5,10-12,14,19-20H,6-9H2,1H3. The van der Waals surface area contributed by atoms with E-state index in [2.05, 4.69) is 27.2 Å². The number of para-hydroxylation sites is 1. The number of anilines is 1. The molecule has 0 radical (unpaired) electrons. The lowest BCUT2D eigenvalue weighted by atomic mass is 9.96. The summed E-state index contributed by atoms with van der Waals surface area (Å²) in [6.07, 6.45) is 5.53. The predicted octanol–water partition coefficient (Wildman–Crippen LogP) is 2.19. The second-order valence-corrected chi connectivity index (χ2v) is 7.55. The fraction of sp³-hybridized carbons (Fsp3) is 0.353. The molecule has 2 N–H and O–H groups in total. The van der Waals surface area contributed by atoms with Gasteiger partial charge in [-0.2, -0.15) is 0 Å². The molecule has 1 unspecified atom stereocenters. The zero-order chi connectivity index (χ0) is 17.0. The number of sulfonamides is 1. The number of fused-ring (bicyclic) bond motifs is 1. The SMILES string of the molecule is COc1cncc(S(=O)(=O)NCCC2CCc3ccccc3N2)c1. The molecule has 0 aliphatic carbocycles. The van der Waals surface area contributed by atoms with Crippen LogP contribution in [0.3, 0.4) is 0 Å². The van der Waals surface area contributed by atoms with Crippen LogP contribution >= 0.6 is 0 Å². The van der Waals surface area contributed by atoms with Crippen LogP contribution in [-0.2, 0) is 16.4 Å². The Morgan fingerprint density at radius 1 is 1.33 bits per heavy atom. The third kappa shape index (κ3) is 3.85. The van der Waals surface area contributed by atoms with Crippen molar-refractivity contribution in [3.05, 3.63) is 48.3 Å². The summed E-state index contributed by atoms with van der Waals surface area (Å²) in [7, 11) is -2.09. The molecule has 0 bridgehead atoms. The Morgan fingerprint density at radius 2 is 2.17 bits per heavy atom. The Morgan fingerprint density at radius 3 is 3.00 bits per heavy atom. The predicted molar refractivity (Wildman–Crippen MR) is 92.8 cm³/mol. The summed E-state index contributed by atoms with van der Waals surface area (Å²) in [4.78, 5) is 4.00. The van der Waals surface area contributed by atoms with Crippen molar-refractivity contribution in [2.45, 2.75) is 30.2 Å². The number of aromatic nitrogens is 1. The first-order chi connectivity index (χ1) is 11.6. The van der Waals surface area contributed by atoms with Crippen molar-refractivity contribution in [3.8, 4) is 5.75 Å². The van der Waals surface area contributed by atoms with E-state index in [9.17, 15) is 8.42 Å². The van der Waals surface area contributed by atoms with Crippen LogP contribution in [0.15, 0.2) is 47.6 Å². The highest BCUT2D eigenvalue weighted by Gasteiger charge is 2.19. The smallest absolute Gasteiger partial charge is 0.242 e. The van der Waals surface area contributed by atoms with Crippen molar-refractivity contribution in [3.63, 3.8) is 0 Å². The number of ether oxygens (including phenoxy) is 1. The average molecular weight is 347 g/mol. The van der Waals surface area contributed by atoms with Crippen LogP contribution in [0.25, 0.3) is 0 Å². The molecule has 0 spiro atoms. The second kappa shape index (κ2) is 7.19. The molecule has 6 nitrogen and oxygen atoms in total. The number of nitrogens with one attached hydrogen (secondary N) is 2. The Kier molecular flexibility index (Phi) is 5.01. The lowest BCUT2D eigenvalue weighted by Crippen LogP contribution is -2.32. The molecule has 0 saturated heterocycles. The van der Waals surface area contributed by atoms with Gasteiger partial charge in [0.05, 0.1) is 13.3 Å². The third-order valence-corrected chi connectivity index (χ3v) is 5.59. The molecule has 0 saturated carbocycles. The largest absolute Gasteiger partial charge is 0.495 e. The summed E-state index contributed by atoms with van der Waals surface area (Å²) in [6.45, 7) is 0.374. The van der Waals surface area contributed by atoms with Crippen molar-refractivity contribution < 1.29 is 13.2 Å². The molecule has 1 aliphatic heterocycles. The molecule has 1 aromatic carbocycles. The van der Waals surface area contributed by atoms with Gasteiger partial charge in [-0.25, -0.2) is 13.1 Å². The molecule has 0 fully saturated rings. The van der Waals surface area contributed by atoms with E-state index < -0.39 is 10.0 Å². The molecule has 128 valence electrons. The van der Waals surface area contributed by atoms with Gasteiger partial charge in [-0.3, -0.25) is 4.98 Å². The molecule has 2 aromatic rings. The Balaban J connectivity index is 1.56.